The fraction of sp³-hybridized carbons (Fsp3) is 0.550. The maximum atomic E-state index is 12.7. The van der Waals surface area contributed by atoms with Crippen molar-refractivity contribution in [1.29, 1.82) is 0 Å². The molecule has 1 aliphatic heterocycles. The summed E-state index contributed by atoms with van der Waals surface area (Å²) < 4.78 is 5.35. The zero-order valence-corrected chi connectivity index (χ0v) is 14.4. The van der Waals surface area contributed by atoms with E-state index >= 15 is 0 Å². The van der Waals surface area contributed by atoms with Gasteiger partial charge in [-0.3, -0.25) is 4.79 Å². The number of ketones is 1. The Morgan fingerprint density at radius 2 is 2.00 bits per heavy atom. The summed E-state index contributed by atoms with van der Waals surface area (Å²) >= 11 is 0. The lowest BCUT2D eigenvalue weighted by atomic mass is 9.83. The van der Waals surface area contributed by atoms with Gasteiger partial charge in [-0.2, -0.15) is 0 Å². The second kappa shape index (κ2) is 6.38. The van der Waals surface area contributed by atoms with Crippen LogP contribution in [0.4, 0.5) is 0 Å². The molecule has 3 nitrogen and oxygen atoms in total. The fourth-order valence-electron chi connectivity index (χ4n) is 3.82. The molecule has 23 heavy (non-hydrogen) atoms. The minimum atomic E-state index is -0.0575. The number of fused-ring (bicyclic) bond motifs is 1. The van der Waals surface area contributed by atoms with Crippen molar-refractivity contribution in [2.75, 3.05) is 7.11 Å². The molecule has 1 saturated carbocycles. The molecule has 0 atom stereocenters. The predicted molar refractivity (Wildman–Crippen MR) is 93.5 cm³/mol. The molecule has 0 saturated heterocycles. The zero-order chi connectivity index (χ0) is 16.4. The van der Waals surface area contributed by atoms with E-state index in [4.69, 9.17) is 4.74 Å². The summed E-state index contributed by atoms with van der Waals surface area (Å²) in [5, 5.41) is 3.56. The van der Waals surface area contributed by atoms with Gasteiger partial charge in [0, 0.05) is 28.8 Å². The molecule has 1 aromatic carbocycles. The average molecular weight is 313 g/mol. The molecule has 3 rings (SSSR count). The Balaban J connectivity index is 1.92. The Hall–Kier alpha value is -1.77. The lowest BCUT2D eigenvalue weighted by Crippen LogP contribution is -2.44. The van der Waals surface area contributed by atoms with Crippen LogP contribution in [-0.4, -0.2) is 18.4 Å². The first kappa shape index (κ1) is 16.1. The highest BCUT2D eigenvalue weighted by molar-refractivity contribution is 5.98. The average Bonchev–Trinajstić information content (AvgIpc) is 2.54. The summed E-state index contributed by atoms with van der Waals surface area (Å²) in [4.78, 5) is 12.7. The number of carbonyl (C=O) groups excluding carboxylic acids is 1. The Morgan fingerprint density at radius 3 is 2.70 bits per heavy atom. The van der Waals surface area contributed by atoms with Crippen LogP contribution < -0.4 is 10.1 Å². The second-order valence-corrected chi connectivity index (χ2v) is 7.50. The summed E-state index contributed by atoms with van der Waals surface area (Å²) in [6.45, 7) is 4.35. The molecule has 1 heterocycles. The van der Waals surface area contributed by atoms with E-state index in [0.717, 1.165) is 36.3 Å². The number of methoxy groups -OCH3 is 1. The van der Waals surface area contributed by atoms with E-state index in [-0.39, 0.29) is 17.2 Å². The van der Waals surface area contributed by atoms with Gasteiger partial charge in [0.05, 0.1) is 7.11 Å². The van der Waals surface area contributed by atoms with Crippen molar-refractivity contribution in [3.05, 3.63) is 35.4 Å². The largest absolute Gasteiger partial charge is 0.497 e. The lowest BCUT2D eigenvalue weighted by Gasteiger charge is -2.36. The molecule has 1 N–H and O–H groups in total. The number of hydrogen-bond acceptors (Lipinski definition) is 3. The fourth-order valence-corrected chi connectivity index (χ4v) is 3.82. The Morgan fingerprint density at radius 1 is 1.26 bits per heavy atom. The first-order valence-corrected chi connectivity index (χ1v) is 8.69. The minimum Gasteiger partial charge on any atom is -0.497 e. The molecule has 0 spiro atoms. The van der Waals surface area contributed by atoms with Crippen molar-refractivity contribution < 1.29 is 9.53 Å². The van der Waals surface area contributed by atoms with Gasteiger partial charge in [0.15, 0.2) is 5.78 Å². The first-order valence-electron chi connectivity index (χ1n) is 8.69. The van der Waals surface area contributed by atoms with Gasteiger partial charge in [-0.25, -0.2) is 0 Å². The van der Waals surface area contributed by atoms with Crippen molar-refractivity contribution in [3.8, 4) is 5.75 Å². The summed E-state index contributed by atoms with van der Waals surface area (Å²) in [5.74, 6) is 1.37. The molecule has 1 fully saturated rings. The summed E-state index contributed by atoms with van der Waals surface area (Å²) in [6, 6.07) is 6.13. The van der Waals surface area contributed by atoms with Crippen LogP contribution in [0.5, 0.6) is 5.75 Å². The number of benzene rings is 1. The highest BCUT2D eigenvalue weighted by atomic mass is 16.5. The van der Waals surface area contributed by atoms with Crippen molar-refractivity contribution in [2.45, 2.75) is 57.9 Å². The maximum Gasteiger partial charge on any atom is 0.160 e. The van der Waals surface area contributed by atoms with Gasteiger partial charge in [-0.05, 0) is 56.9 Å². The van der Waals surface area contributed by atoms with E-state index in [2.05, 4.69) is 31.3 Å². The SMILES string of the molecule is COc1ccc2c(c1)CC(C)(C)N/C2=C\C(=O)C1CCCCC1. The molecule has 0 unspecified atom stereocenters. The van der Waals surface area contributed by atoms with Gasteiger partial charge in [-0.15, -0.1) is 0 Å². The number of hydrogen-bond donors (Lipinski definition) is 1. The number of rotatable bonds is 3. The molecule has 1 aliphatic carbocycles. The zero-order valence-electron chi connectivity index (χ0n) is 14.4. The third-order valence-electron chi connectivity index (χ3n) is 5.00. The monoisotopic (exact) mass is 313 g/mol. The van der Waals surface area contributed by atoms with Gasteiger partial charge >= 0.3 is 0 Å². The summed E-state index contributed by atoms with van der Waals surface area (Å²) in [6.07, 6.45) is 8.51. The molecule has 3 heteroatoms. The third kappa shape index (κ3) is 3.60. The van der Waals surface area contributed by atoms with Crippen molar-refractivity contribution in [3.63, 3.8) is 0 Å². The number of ether oxygens (including phenoxy) is 1. The van der Waals surface area contributed by atoms with Crippen molar-refractivity contribution in [1.82, 2.24) is 5.32 Å². The topological polar surface area (TPSA) is 38.3 Å². The molecular formula is C20H27NO2. The molecule has 1 aromatic rings. The van der Waals surface area contributed by atoms with E-state index in [1.807, 2.05) is 12.1 Å². The Labute approximate surface area is 139 Å². The maximum absolute atomic E-state index is 12.7. The third-order valence-corrected chi connectivity index (χ3v) is 5.00. The Bertz CT molecular complexity index is 625. The standard InChI is InChI=1S/C20H27NO2/c1-20(2)13-15-11-16(23-3)9-10-17(15)18(21-20)12-19(22)14-7-5-4-6-8-14/h9-12,14,21H,4-8,13H2,1-3H3/b18-12-. The van der Waals surface area contributed by atoms with Gasteiger partial charge in [0.25, 0.3) is 0 Å². The summed E-state index contributed by atoms with van der Waals surface area (Å²) in [5.41, 5.74) is 3.29. The van der Waals surface area contributed by atoms with E-state index in [1.54, 1.807) is 7.11 Å². The Kier molecular flexibility index (Phi) is 4.47. The molecule has 0 amide bonds. The van der Waals surface area contributed by atoms with Gasteiger partial charge in [0.2, 0.25) is 0 Å². The summed E-state index contributed by atoms with van der Waals surface area (Å²) in [7, 11) is 1.69. The highest BCUT2D eigenvalue weighted by Gasteiger charge is 2.29. The number of nitrogens with one attached hydrogen (secondary N) is 1. The molecule has 2 aliphatic rings. The molecule has 0 aromatic heterocycles. The van der Waals surface area contributed by atoms with Crippen molar-refractivity contribution in [2.24, 2.45) is 5.92 Å². The number of carbonyl (C=O) groups is 1. The van der Waals surface area contributed by atoms with E-state index < -0.39 is 0 Å². The second-order valence-electron chi connectivity index (χ2n) is 7.50. The molecule has 0 bridgehead atoms. The normalized spacial score (nSPS) is 22.3. The van der Waals surface area contributed by atoms with Gasteiger partial charge in [0.1, 0.15) is 5.75 Å². The van der Waals surface area contributed by atoms with Crippen LogP contribution >= 0.6 is 0 Å². The van der Waals surface area contributed by atoms with E-state index in [1.165, 1.54) is 24.8 Å². The smallest absolute Gasteiger partial charge is 0.160 e. The van der Waals surface area contributed by atoms with Crippen LogP contribution in [0.25, 0.3) is 5.70 Å². The van der Waals surface area contributed by atoms with Crippen LogP contribution in [0.15, 0.2) is 24.3 Å². The van der Waals surface area contributed by atoms with Crippen LogP contribution in [0.3, 0.4) is 0 Å². The van der Waals surface area contributed by atoms with Gasteiger partial charge < -0.3 is 10.1 Å². The minimum absolute atomic E-state index is 0.0575. The van der Waals surface area contributed by atoms with Crippen LogP contribution in [0.2, 0.25) is 0 Å². The van der Waals surface area contributed by atoms with Crippen LogP contribution in [-0.2, 0) is 11.2 Å². The first-order chi connectivity index (χ1) is 11.0. The highest BCUT2D eigenvalue weighted by Crippen LogP contribution is 2.33. The molecule has 124 valence electrons. The quantitative estimate of drug-likeness (QED) is 0.854. The van der Waals surface area contributed by atoms with Crippen molar-refractivity contribution >= 4 is 11.5 Å². The van der Waals surface area contributed by atoms with Crippen LogP contribution in [0, 0.1) is 5.92 Å². The number of allylic oxidation sites excluding steroid dienone is 1. The predicted octanol–water partition coefficient (Wildman–Crippen LogP) is 4.11. The van der Waals surface area contributed by atoms with Gasteiger partial charge in [-0.1, -0.05) is 19.3 Å². The van der Waals surface area contributed by atoms with Crippen LogP contribution in [0.1, 0.15) is 57.1 Å². The lowest BCUT2D eigenvalue weighted by molar-refractivity contribution is -0.119. The van der Waals surface area contributed by atoms with E-state index in [9.17, 15) is 4.79 Å². The molecular weight excluding hydrogens is 286 g/mol. The van der Waals surface area contributed by atoms with E-state index in [0.29, 0.717) is 0 Å². The molecule has 0 radical (unpaired) electrons.